The third-order valence-corrected chi connectivity index (χ3v) is 6.03. The zero-order valence-corrected chi connectivity index (χ0v) is 16.3. The van der Waals surface area contributed by atoms with Gasteiger partial charge in [0.25, 0.3) is 0 Å². The van der Waals surface area contributed by atoms with Gasteiger partial charge in [0.2, 0.25) is 0 Å². The van der Waals surface area contributed by atoms with Gasteiger partial charge in [-0.25, -0.2) is 4.31 Å². The van der Waals surface area contributed by atoms with E-state index in [-0.39, 0.29) is 13.1 Å². The van der Waals surface area contributed by atoms with Crippen molar-refractivity contribution in [1.82, 2.24) is 8.87 Å². The number of alkyl halides is 3. The SMILES string of the molecule is CSN(CC(O)Cn1c2ccccc2c2ccccc21)C(C)(C)C(F)(F)F. The predicted molar refractivity (Wildman–Crippen MR) is 106 cm³/mol. The Morgan fingerprint density at radius 2 is 1.48 bits per heavy atom. The number of aromatic nitrogens is 1. The van der Waals surface area contributed by atoms with Gasteiger partial charge in [0.1, 0.15) is 5.54 Å². The molecule has 146 valence electrons. The lowest BCUT2D eigenvalue weighted by atomic mass is 10.0. The summed E-state index contributed by atoms with van der Waals surface area (Å²) < 4.78 is 43.3. The molecule has 2 aromatic carbocycles. The molecule has 0 aliphatic rings. The van der Waals surface area contributed by atoms with E-state index in [2.05, 4.69) is 0 Å². The summed E-state index contributed by atoms with van der Waals surface area (Å²) in [7, 11) is 0. The van der Waals surface area contributed by atoms with Gasteiger partial charge in [-0.1, -0.05) is 48.3 Å². The second-order valence-electron chi connectivity index (χ2n) is 7.10. The van der Waals surface area contributed by atoms with Gasteiger partial charge in [-0.3, -0.25) is 0 Å². The first-order chi connectivity index (χ1) is 12.7. The number of nitrogens with zero attached hydrogens (tertiary/aromatic N) is 2. The van der Waals surface area contributed by atoms with Crippen molar-refractivity contribution in [2.75, 3.05) is 12.8 Å². The molecule has 0 aliphatic heterocycles. The molecule has 3 nitrogen and oxygen atoms in total. The number of aliphatic hydroxyl groups excluding tert-OH is 1. The third-order valence-electron chi connectivity index (χ3n) is 4.99. The number of hydrogen-bond acceptors (Lipinski definition) is 3. The Morgan fingerprint density at radius 3 is 1.93 bits per heavy atom. The number of hydrogen-bond donors (Lipinski definition) is 1. The van der Waals surface area contributed by atoms with Gasteiger partial charge < -0.3 is 9.67 Å². The molecule has 0 fully saturated rings. The first-order valence-corrected chi connectivity index (χ1v) is 9.87. The van der Waals surface area contributed by atoms with Gasteiger partial charge in [0, 0.05) is 28.4 Å². The molecule has 0 radical (unpaired) electrons. The van der Waals surface area contributed by atoms with Crippen molar-refractivity contribution in [3.05, 3.63) is 48.5 Å². The van der Waals surface area contributed by atoms with Gasteiger partial charge >= 0.3 is 6.18 Å². The standard InChI is InChI=1S/C20H23F3N2OS/c1-19(2,20(21,22)23)25(27-3)13-14(26)12-24-17-10-6-4-8-15(17)16-9-5-7-11-18(16)24/h4-11,14,26H,12-13H2,1-3H3. The fourth-order valence-electron chi connectivity index (χ4n) is 3.33. The lowest BCUT2D eigenvalue weighted by Crippen LogP contribution is -2.53. The zero-order chi connectivity index (χ0) is 19.8. The molecule has 0 spiro atoms. The number of β-amino-alcohol motifs (C(OH)–C–C–N with tert-alkyl or cyclic N) is 1. The van der Waals surface area contributed by atoms with E-state index in [0.29, 0.717) is 0 Å². The molecule has 1 atom stereocenters. The van der Waals surface area contributed by atoms with Crippen LogP contribution in [0, 0.1) is 0 Å². The van der Waals surface area contributed by atoms with Gasteiger partial charge in [0.05, 0.1) is 12.6 Å². The lowest BCUT2D eigenvalue weighted by molar-refractivity contribution is -0.205. The van der Waals surface area contributed by atoms with Crippen LogP contribution in [-0.2, 0) is 6.54 Å². The monoisotopic (exact) mass is 396 g/mol. The van der Waals surface area contributed by atoms with Crippen LogP contribution in [0.1, 0.15) is 13.8 Å². The van der Waals surface area contributed by atoms with E-state index in [1.807, 2.05) is 53.1 Å². The minimum absolute atomic E-state index is 0.0888. The van der Waals surface area contributed by atoms with E-state index in [4.69, 9.17) is 0 Å². The first kappa shape index (κ1) is 20.0. The molecule has 1 heterocycles. The summed E-state index contributed by atoms with van der Waals surface area (Å²) in [5, 5.41) is 12.8. The number of rotatable bonds is 6. The Morgan fingerprint density at radius 1 is 1.00 bits per heavy atom. The maximum atomic E-state index is 13.4. The minimum atomic E-state index is -4.39. The summed E-state index contributed by atoms with van der Waals surface area (Å²) in [6.45, 7) is 2.40. The van der Waals surface area contributed by atoms with Crippen molar-refractivity contribution < 1.29 is 18.3 Å². The van der Waals surface area contributed by atoms with E-state index in [0.717, 1.165) is 47.6 Å². The van der Waals surface area contributed by atoms with Crippen molar-refractivity contribution >= 4 is 33.8 Å². The molecular weight excluding hydrogens is 373 g/mol. The highest BCUT2D eigenvalue weighted by molar-refractivity contribution is 7.96. The summed E-state index contributed by atoms with van der Waals surface area (Å²) in [5.74, 6) is 0. The summed E-state index contributed by atoms with van der Waals surface area (Å²) in [6, 6.07) is 15.7. The molecule has 3 rings (SSSR count). The first-order valence-electron chi connectivity index (χ1n) is 8.69. The van der Waals surface area contributed by atoms with E-state index in [9.17, 15) is 18.3 Å². The molecule has 0 saturated heterocycles. The van der Waals surface area contributed by atoms with Gasteiger partial charge in [-0.05, 0) is 32.2 Å². The highest BCUT2D eigenvalue weighted by atomic mass is 32.2. The van der Waals surface area contributed by atoms with Crippen LogP contribution < -0.4 is 0 Å². The Balaban J connectivity index is 1.91. The van der Waals surface area contributed by atoms with Crippen LogP contribution in [0.5, 0.6) is 0 Å². The van der Waals surface area contributed by atoms with Crippen LogP contribution >= 0.6 is 11.9 Å². The molecule has 1 N–H and O–H groups in total. The minimum Gasteiger partial charge on any atom is -0.390 e. The maximum absolute atomic E-state index is 13.4. The Bertz CT molecular complexity index is 883. The molecule has 1 unspecified atom stereocenters. The lowest BCUT2D eigenvalue weighted by Gasteiger charge is -2.39. The zero-order valence-electron chi connectivity index (χ0n) is 15.5. The molecule has 0 amide bonds. The van der Waals surface area contributed by atoms with Crippen molar-refractivity contribution in [3.63, 3.8) is 0 Å². The molecule has 7 heteroatoms. The maximum Gasteiger partial charge on any atom is 0.407 e. The Labute approximate surface area is 160 Å². The van der Waals surface area contributed by atoms with E-state index in [1.54, 1.807) is 6.26 Å². The number of halogens is 3. The number of benzene rings is 2. The van der Waals surface area contributed by atoms with E-state index in [1.165, 1.54) is 4.31 Å². The van der Waals surface area contributed by atoms with E-state index >= 15 is 0 Å². The number of aliphatic hydroxyl groups is 1. The highest BCUT2D eigenvalue weighted by Gasteiger charge is 2.51. The molecule has 0 aliphatic carbocycles. The fraction of sp³-hybridized carbons (Fsp3) is 0.400. The van der Waals surface area contributed by atoms with Gasteiger partial charge in [-0.2, -0.15) is 13.2 Å². The fourth-order valence-corrected chi connectivity index (χ4v) is 4.21. The van der Waals surface area contributed by atoms with Crippen LogP contribution in [0.4, 0.5) is 13.2 Å². The van der Waals surface area contributed by atoms with Crippen molar-refractivity contribution in [2.45, 2.75) is 38.2 Å². The second-order valence-corrected chi connectivity index (χ2v) is 7.91. The number of para-hydroxylation sites is 2. The van der Waals surface area contributed by atoms with Crippen molar-refractivity contribution in [2.24, 2.45) is 0 Å². The molecule has 27 heavy (non-hydrogen) atoms. The highest BCUT2D eigenvalue weighted by Crippen LogP contribution is 2.38. The average Bonchev–Trinajstić information content (AvgIpc) is 2.93. The average molecular weight is 396 g/mol. The Kier molecular flexibility index (Phi) is 5.47. The Hall–Kier alpha value is -1.70. The summed E-state index contributed by atoms with van der Waals surface area (Å²) in [5.41, 5.74) is -0.110. The largest absolute Gasteiger partial charge is 0.407 e. The van der Waals surface area contributed by atoms with Crippen LogP contribution in [0.25, 0.3) is 21.8 Å². The topological polar surface area (TPSA) is 28.4 Å². The molecule has 0 bridgehead atoms. The van der Waals surface area contributed by atoms with Crippen molar-refractivity contribution in [1.29, 1.82) is 0 Å². The summed E-state index contributed by atoms with van der Waals surface area (Å²) >= 11 is 0.996. The molecule has 3 aromatic rings. The normalized spacial score (nSPS) is 14.4. The van der Waals surface area contributed by atoms with Crippen molar-refractivity contribution in [3.8, 4) is 0 Å². The summed E-state index contributed by atoms with van der Waals surface area (Å²) in [4.78, 5) is 0. The molecule has 0 saturated carbocycles. The van der Waals surface area contributed by atoms with Gasteiger partial charge in [0.15, 0.2) is 0 Å². The molecule has 1 aromatic heterocycles. The van der Waals surface area contributed by atoms with Crippen LogP contribution in [-0.4, -0.2) is 44.6 Å². The second kappa shape index (κ2) is 7.37. The third kappa shape index (κ3) is 3.68. The number of fused-ring (bicyclic) bond motifs is 3. The smallest absolute Gasteiger partial charge is 0.390 e. The quantitative estimate of drug-likeness (QED) is 0.589. The van der Waals surface area contributed by atoms with E-state index < -0.39 is 17.8 Å². The van der Waals surface area contributed by atoms with Gasteiger partial charge in [-0.15, -0.1) is 0 Å². The van der Waals surface area contributed by atoms with Crippen LogP contribution in [0.2, 0.25) is 0 Å². The predicted octanol–water partition coefficient (Wildman–Crippen LogP) is 5.08. The van der Waals surface area contributed by atoms with Crippen LogP contribution in [0.15, 0.2) is 48.5 Å². The summed E-state index contributed by atoms with van der Waals surface area (Å²) in [6.07, 6.45) is -3.73. The van der Waals surface area contributed by atoms with Crippen LogP contribution in [0.3, 0.4) is 0 Å². The molecular formula is C20H23F3N2OS.